The molecule has 0 fully saturated rings. The van der Waals surface area contributed by atoms with Crippen LogP contribution in [0.15, 0.2) is 24.4 Å². The molecule has 1 N–H and O–H groups in total. The monoisotopic (exact) mass is 180 g/mol. The van der Waals surface area contributed by atoms with Gasteiger partial charge in [0.05, 0.1) is 11.5 Å². The van der Waals surface area contributed by atoms with Crippen LogP contribution >= 0.6 is 0 Å². The summed E-state index contributed by atoms with van der Waals surface area (Å²) in [6.45, 7) is -0.159. The first-order valence-electron chi connectivity index (χ1n) is 3.62. The number of aliphatic hydroxyl groups excluding tert-OH is 1. The summed E-state index contributed by atoms with van der Waals surface area (Å²) in [5.41, 5.74) is 0.189. The fourth-order valence-corrected chi connectivity index (χ4v) is 0.856. The Labute approximate surface area is 74.5 Å². The van der Waals surface area contributed by atoms with Crippen molar-refractivity contribution in [1.29, 1.82) is 0 Å². The second-order valence-corrected chi connectivity index (χ2v) is 2.25. The minimum atomic E-state index is -0.510. The standard InChI is InChI=1S/C8H8N2O3/c11-6-2-3-7-8(10(12)13)4-1-5-9-7/h1-5,11H,6H2. The van der Waals surface area contributed by atoms with Crippen LogP contribution in [0.1, 0.15) is 5.69 Å². The van der Waals surface area contributed by atoms with E-state index in [1.165, 1.54) is 30.5 Å². The first kappa shape index (κ1) is 9.34. The number of hydrogen-bond donors (Lipinski definition) is 1. The SMILES string of the molecule is O=[N+]([O-])c1cccnc1C=CCO. The summed E-state index contributed by atoms with van der Waals surface area (Å²) in [6.07, 6.45) is 4.28. The van der Waals surface area contributed by atoms with Crippen LogP contribution in [-0.2, 0) is 0 Å². The molecule has 5 nitrogen and oxygen atoms in total. The van der Waals surface area contributed by atoms with E-state index >= 15 is 0 Å². The Kier molecular flexibility index (Phi) is 3.10. The molecule has 1 aromatic heterocycles. The molecule has 0 bridgehead atoms. The van der Waals surface area contributed by atoms with Gasteiger partial charge in [0.2, 0.25) is 0 Å². The fourth-order valence-electron chi connectivity index (χ4n) is 0.856. The molecule has 1 heterocycles. The van der Waals surface area contributed by atoms with Crippen LogP contribution in [0.4, 0.5) is 5.69 Å². The number of hydrogen-bond acceptors (Lipinski definition) is 4. The molecule has 1 aromatic rings. The molecule has 0 saturated carbocycles. The van der Waals surface area contributed by atoms with Gasteiger partial charge in [0.15, 0.2) is 0 Å². The Morgan fingerprint density at radius 2 is 2.46 bits per heavy atom. The quantitative estimate of drug-likeness (QED) is 0.556. The van der Waals surface area contributed by atoms with Gasteiger partial charge in [-0.25, -0.2) is 4.98 Å². The molecule has 1 rings (SSSR count). The Balaban J connectivity index is 3.05. The molecule has 68 valence electrons. The third-order valence-corrected chi connectivity index (χ3v) is 1.39. The Morgan fingerprint density at radius 3 is 3.08 bits per heavy atom. The highest BCUT2D eigenvalue weighted by atomic mass is 16.6. The van der Waals surface area contributed by atoms with Gasteiger partial charge in [0, 0.05) is 12.3 Å². The van der Waals surface area contributed by atoms with Gasteiger partial charge < -0.3 is 5.11 Å². The third kappa shape index (κ3) is 2.34. The average molecular weight is 180 g/mol. The lowest BCUT2D eigenvalue weighted by Gasteiger charge is -1.94. The summed E-state index contributed by atoms with van der Waals surface area (Å²) >= 11 is 0. The van der Waals surface area contributed by atoms with E-state index in [4.69, 9.17) is 5.11 Å². The maximum Gasteiger partial charge on any atom is 0.294 e. The number of pyridine rings is 1. The predicted octanol–water partition coefficient (Wildman–Crippen LogP) is 0.995. The van der Waals surface area contributed by atoms with Crippen molar-refractivity contribution in [1.82, 2.24) is 4.98 Å². The molecule has 0 aliphatic carbocycles. The fraction of sp³-hybridized carbons (Fsp3) is 0.125. The predicted molar refractivity (Wildman–Crippen MR) is 47.0 cm³/mol. The number of nitro groups is 1. The zero-order valence-electron chi connectivity index (χ0n) is 6.75. The molecule has 0 radical (unpaired) electrons. The number of nitrogens with zero attached hydrogens (tertiary/aromatic N) is 2. The lowest BCUT2D eigenvalue weighted by Crippen LogP contribution is -1.93. The van der Waals surface area contributed by atoms with Gasteiger partial charge in [-0.1, -0.05) is 6.08 Å². The molecule has 5 heteroatoms. The Hall–Kier alpha value is -1.75. The zero-order chi connectivity index (χ0) is 9.68. The maximum absolute atomic E-state index is 10.5. The van der Waals surface area contributed by atoms with Crippen molar-refractivity contribution in [3.63, 3.8) is 0 Å². The maximum atomic E-state index is 10.5. The van der Waals surface area contributed by atoms with Gasteiger partial charge in [0.1, 0.15) is 5.69 Å². The average Bonchev–Trinajstić information content (AvgIpc) is 2.15. The summed E-state index contributed by atoms with van der Waals surface area (Å²) in [5, 5.41) is 18.9. The highest BCUT2D eigenvalue weighted by Gasteiger charge is 2.10. The lowest BCUT2D eigenvalue weighted by atomic mass is 10.3. The van der Waals surface area contributed by atoms with Crippen LogP contribution in [0, 0.1) is 10.1 Å². The van der Waals surface area contributed by atoms with Crippen molar-refractivity contribution in [2.24, 2.45) is 0 Å². The second kappa shape index (κ2) is 4.32. The van der Waals surface area contributed by atoms with Gasteiger partial charge in [-0.05, 0) is 12.1 Å². The topological polar surface area (TPSA) is 76.3 Å². The van der Waals surface area contributed by atoms with Gasteiger partial charge in [-0.15, -0.1) is 0 Å². The van der Waals surface area contributed by atoms with Crippen molar-refractivity contribution in [2.75, 3.05) is 6.61 Å². The first-order valence-corrected chi connectivity index (χ1v) is 3.62. The van der Waals surface area contributed by atoms with Crippen LogP contribution in [0.3, 0.4) is 0 Å². The van der Waals surface area contributed by atoms with E-state index in [9.17, 15) is 10.1 Å². The van der Waals surface area contributed by atoms with Crippen LogP contribution in [-0.4, -0.2) is 21.6 Å². The molecule has 0 saturated heterocycles. The largest absolute Gasteiger partial charge is 0.392 e. The molecule has 0 unspecified atom stereocenters. The minimum absolute atomic E-state index is 0.0628. The van der Waals surface area contributed by atoms with Crippen LogP contribution in [0.2, 0.25) is 0 Å². The van der Waals surface area contributed by atoms with Crippen LogP contribution in [0.5, 0.6) is 0 Å². The Bertz CT molecular complexity index is 336. The molecular weight excluding hydrogens is 172 g/mol. The van der Waals surface area contributed by atoms with E-state index in [1.807, 2.05) is 0 Å². The molecule has 0 spiro atoms. The molecule has 0 amide bonds. The highest BCUT2D eigenvalue weighted by molar-refractivity contribution is 5.56. The molecule has 0 aliphatic rings. The van der Waals surface area contributed by atoms with E-state index in [1.54, 1.807) is 0 Å². The van der Waals surface area contributed by atoms with E-state index in [0.717, 1.165) is 0 Å². The van der Waals surface area contributed by atoms with E-state index in [2.05, 4.69) is 4.98 Å². The number of aliphatic hydroxyl groups is 1. The van der Waals surface area contributed by atoms with Crippen molar-refractivity contribution in [3.8, 4) is 0 Å². The van der Waals surface area contributed by atoms with Crippen LogP contribution < -0.4 is 0 Å². The normalized spacial score (nSPS) is 10.5. The summed E-state index contributed by atoms with van der Waals surface area (Å²) in [6, 6.07) is 2.86. The molecule has 13 heavy (non-hydrogen) atoms. The van der Waals surface area contributed by atoms with Crippen molar-refractivity contribution in [3.05, 3.63) is 40.2 Å². The van der Waals surface area contributed by atoms with Gasteiger partial charge in [-0.2, -0.15) is 0 Å². The number of aromatic nitrogens is 1. The minimum Gasteiger partial charge on any atom is -0.392 e. The van der Waals surface area contributed by atoms with E-state index in [-0.39, 0.29) is 18.0 Å². The second-order valence-electron chi connectivity index (χ2n) is 2.25. The van der Waals surface area contributed by atoms with Gasteiger partial charge in [0.25, 0.3) is 5.69 Å². The summed E-state index contributed by atoms with van der Waals surface area (Å²) < 4.78 is 0. The van der Waals surface area contributed by atoms with Crippen molar-refractivity contribution in [2.45, 2.75) is 0 Å². The van der Waals surface area contributed by atoms with Crippen LogP contribution in [0.25, 0.3) is 6.08 Å². The lowest BCUT2D eigenvalue weighted by molar-refractivity contribution is -0.385. The molecular formula is C8H8N2O3. The van der Waals surface area contributed by atoms with Crippen molar-refractivity contribution < 1.29 is 10.0 Å². The highest BCUT2D eigenvalue weighted by Crippen LogP contribution is 2.15. The summed E-state index contributed by atoms with van der Waals surface area (Å²) in [7, 11) is 0. The molecule has 0 atom stereocenters. The van der Waals surface area contributed by atoms with Crippen molar-refractivity contribution >= 4 is 11.8 Å². The van der Waals surface area contributed by atoms with E-state index < -0.39 is 4.92 Å². The number of rotatable bonds is 3. The molecule has 0 aliphatic heterocycles. The summed E-state index contributed by atoms with van der Waals surface area (Å²) in [5.74, 6) is 0. The third-order valence-electron chi connectivity index (χ3n) is 1.39. The Morgan fingerprint density at radius 1 is 1.69 bits per heavy atom. The van der Waals surface area contributed by atoms with E-state index in [0.29, 0.717) is 0 Å². The van der Waals surface area contributed by atoms with Gasteiger partial charge >= 0.3 is 0 Å². The first-order chi connectivity index (χ1) is 6.25. The van der Waals surface area contributed by atoms with Gasteiger partial charge in [-0.3, -0.25) is 10.1 Å². The smallest absolute Gasteiger partial charge is 0.294 e. The zero-order valence-corrected chi connectivity index (χ0v) is 6.75. The molecule has 0 aromatic carbocycles. The summed E-state index contributed by atoms with van der Waals surface area (Å²) in [4.78, 5) is 13.7.